The third-order valence-corrected chi connectivity index (χ3v) is 4.72. The number of hydrogen-bond acceptors (Lipinski definition) is 9. The summed E-state index contributed by atoms with van der Waals surface area (Å²) in [7, 11) is 0. The van der Waals surface area contributed by atoms with Crippen molar-refractivity contribution in [3.63, 3.8) is 0 Å². The van der Waals surface area contributed by atoms with Crippen LogP contribution in [-0.4, -0.2) is 63.5 Å². The minimum absolute atomic E-state index is 0.162. The van der Waals surface area contributed by atoms with E-state index in [-0.39, 0.29) is 22.5 Å². The number of hydrogen-bond donors (Lipinski definition) is 5. The second-order valence-electron chi connectivity index (χ2n) is 6.56. The van der Waals surface area contributed by atoms with E-state index in [0.29, 0.717) is 11.1 Å². The number of anilines is 1. The molecule has 5 atom stereocenters. The van der Waals surface area contributed by atoms with Gasteiger partial charge in [0.2, 0.25) is 0 Å². The summed E-state index contributed by atoms with van der Waals surface area (Å²) >= 11 is 0. The molecule has 9 heteroatoms. The summed E-state index contributed by atoms with van der Waals surface area (Å²) in [6.45, 7) is 2.31. The van der Waals surface area contributed by atoms with Crippen molar-refractivity contribution >= 4 is 22.4 Å². The van der Waals surface area contributed by atoms with E-state index < -0.39 is 42.9 Å². The summed E-state index contributed by atoms with van der Waals surface area (Å²) in [5, 5.41) is 42.6. The number of aliphatic hydroxyl groups is 4. The number of Topliss-reactive ketones (excluding diaryl/α,β-unsaturated/α-hetero) is 1. The highest BCUT2D eigenvalue weighted by Crippen LogP contribution is 2.27. The zero-order chi connectivity index (χ0) is 19.9. The van der Waals surface area contributed by atoms with Crippen LogP contribution < -0.4 is 10.9 Å². The Morgan fingerprint density at radius 3 is 2.56 bits per heavy atom. The van der Waals surface area contributed by atoms with Gasteiger partial charge < -0.3 is 34.9 Å². The minimum Gasteiger partial charge on any atom is -0.422 e. The van der Waals surface area contributed by atoms with Crippen LogP contribution in [0.2, 0.25) is 0 Å². The summed E-state index contributed by atoms with van der Waals surface area (Å²) in [5.74, 6) is -0.268. The average Bonchev–Trinajstić information content (AvgIpc) is 2.62. The molecule has 5 N–H and O–H groups in total. The van der Waals surface area contributed by atoms with Crippen LogP contribution in [0.25, 0.3) is 11.0 Å². The third-order valence-electron chi connectivity index (χ3n) is 4.72. The van der Waals surface area contributed by atoms with Gasteiger partial charge in [0.05, 0.1) is 6.61 Å². The number of rotatable bonds is 4. The predicted molar refractivity (Wildman–Crippen MR) is 94.6 cm³/mol. The molecule has 1 saturated heterocycles. The molecule has 1 aromatic heterocycles. The maximum absolute atomic E-state index is 12.0. The smallest absolute Gasteiger partial charge is 0.339 e. The summed E-state index contributed by atoms with van der Waals surface area (Å²) in [6.07, 6.45) is -5.42. The second-order valence-corrected chi connectivity index (χ2v) is 6.56. The summed E-state index contributed by atoms with van der Waals surface area (Å²) in [6, 6.07) is 3.52. The Balaban J connectivity index is 1.96. The number of ether oxygens (including phenoxy) is 1. The van der Waals surface area contributed by atoms with E-state index in [1.54, 1.807) is 12.1 Å². The molecule has 2 heterocycles. The Hall–Kier alpha value is -2.30. The lowest BCUT2D eigenvalue weighted by Crippen LogP contribution is -2.61. The van der Waals surface area contributed by atoms with Crippen LogP contribution in [0.3, 0.4) is 0 Å². The molecule has 1 aliphatic heterocycles. The van der Waals surface area contributed by atoms with Crippen molar-refractivity contribution < 1.29 is 34.4 Å². The number of aliphatic hydroxyl groups excluding tert-OH is 4. The molecule has 1 aromatic carbocycles. The largest absolute Gasteiger partial charge is 0.422 e. The summed E-state index contributed by atoms with van der Waals surface area (Å²) in [5.41, 5.74) is 0.392. The maximum atomic E-state index is 12.0. The number of fused-ring (bicyclic) bond motifs is 1. The highest BCUT2D eigenvalue weighted by atomic mass is 16.6. The van der Waals surface area contributed by atoms with Crippen LogP contribution in [0.15, 0.2) is 27.4 Å². The lowest BCUT2D eigenvalue weighted by atomic mass is 9.96. The van der Waals surface area contributed by atoms with Crippen molar-refractivity contribution in [2.45, 2.75) is 44.5 Å². The van der Waals surface area contributed by atoms with Crippen molar-refractivity contribution in [3.05, 3.63) is 39.7 Å². The van der Waals surface area contributed by atoms with Gasteiger partial charge in [-0.25, -0.2) is 4.79 Å². The van der Waals surface area contributed by atoms with Gasteiger partial charge in [-0.2, -0.15) is 0 Å². The Kier molecular flexibility index (Phi) is 5.31. The van der Waals surface area contributed by atoms with E-state index >= 15 is 0 Å². The van der Waals surface area contributed by atoms with Crippen LogP contribution >= 0.6 is 0 Å². The molecule has 0 radical (unpaired) electrons. The Morgan fingerprint density at radius 2 is 1.93 bits per heavy atom. The molecule has 3 unspecified atom stereocenters. The normalized spacial score (nSPS) is 28.3. The molecule has 0 amide bonds. The van der Waals surface area contributed by atoms with Crippen molar-refractivity contribution in [2.75, 3.05) is 11.9 Å². The second kappa shape index (κ2) is 7.37. The fraction of sp³-hybridized carbons (Fsp3) is 0.444. The SMILES string of the molecule is CC(=O)c1c(C)c(=O)oc2cc(NC3C(O)OC(CO)[C@H](O)[C@H]3O)ccc12. The molecule has 1 fully saturated rings. The first-order valence-corrected chi connectivity index (χ1v) is 8.40. The fourth-order valence-electron chi connectivity index (χ4n) is 3.28. The number of carbonyl (C=O) groups is 1. The van der Waals surface area contributed by atoms with Gasteiger partial charge >= 0.3 is 5.63 Å². The van der Waals surface area contributed by atoms with Crippen molar-refractivity contribution in [1.29, 1.82) is 0 Å². The molecular formula is C18H21NO8. The van der Waals surface area contributed by atoms with E-state index in [1.807, 2.05) is 0 Å². The molecule has 0 saturated carbocycles. The molecule has 146 valence electrons. The van der Waals surface area contributed by atoms with Gasteiger partial charge in [-0.15, -0.1) is 0 Å². The van der Waals surface area contributed by atoms with E-state index in [1.165, 1.54) is 19.9 Å². The third kappa shape index (κ3) is 3.47. The number of ketones is 1. The molecule has 27 heavy (non-hydrogen) atoms. The van der Waals surface area contributed by atoms with Crippen LogP contribution in [0.1, 0.15) is 22.8 Å². The molecule has 2 aromatic rings. The molecular weight excluding hydrogens is 358 g/mol. The number of nitrogens with one attached hydrogen (secondary N) is 1. The maximum Gasteiger partial charge on any atom is 0.339 e. The molecule has 1 aliphatic rings. The van der Waals surface area contributed by atoms with Crippen LogP contribution in [-0.2, 0) is 4.74 Å². The van der Waals surface area contributed by atoms with E-state index in [4.69, 9.17) is 14.3 Å². The standard InChI is InChI=1S/C18H21NO8/c1-7-13(8(2)21)10-4-3-9(5-11(10)26-17(7)24)19-14-16(23)15(22)12(6-20)27-18(14)25/h3-5,12,14-16,18-20,22-23,25H,6H2,1-2H3/t12?,14?,15-,16-,18?/m0/s1. The Morgan fingerprint density at radius 1 is 1.22 bits per heavy atom. The molecule has 9 nitrogen and oxygen atoms in total. The molecule has 0 bridgehead atoms. The van der Waals surface area contributed by atoms with Gasteiger partial charge in [0.15, 0.2) is 12.1 Å². The van der Waals surface area contributed by atoms with Crippen molar-refractivity contribution in [3.8, 4) is 0 Å². The monoisotopic (exact) mass is 379 g/mol. The number of carbonyl (C=O) groups excluding carboxylic acids is 1. The Bertz CT molecular complexity index is 923. The van der Waals surface area contributed by atoms with E-state index in [0.717, 1.165) is 0 Å². The van der Waals surface area contributed by atoms with E-state index in [9.17, 15) is 24.9 Å². The first kappa shape index (κ1) is 19.5. The molecule has 3 rings (SSSR count). The molecule has 0 spiro atoms. The summed E-state index contributed by atoms with van der Waals surface area (Å²) < 4.78 is 10.3. The van der Waals surface area contributed by atoms with Gasteiger partial charge in [0.25, 0.3) is 0 Å². The first-order chi connectivity index (χ1) is 12.7. The van der Waals surface area contributed by atoms with Crippen molar-refractivity contribution in [1.82, 2.24) is 0 Å². The molecule has 0 aliphatic carbocycles. The lowest BCUT2D eigenvalue weighted by molar-refractivity contribution is -0.245. The van der Waals surface area contributed by atoms with E-state index in [2.05, 4.69) is 5.32 Å². The van der Waals surface area contributed by atoms with Gasteiger partial charge in [-0.3, -0.25) is 4.79 Å². The van der Waals surface area contributed by atoms with Gasteiger partial charge in [0, 0.05) is 28.3 Å². The minimum atomic E-state index is -1.49. The van der Waals surface area contributed by atoms with Gasteiger partial charge in [-0.1, -0.05) is 0 Å². The lowest BCUT2D eigenvalue weighted by Gasteiger charge is -2.40. The summed E-state index contributed by atoms with van der Waals surface area (Å²) in [4.78, 5) is 23.9. The zero-order valence-corrected chi connectivity index (χ0v) is 14.7. The van der Waals surface area contributed by atoms with Gasteiger partial charge in [0.1, 0.15) is 29.9 Å². The topological polar surface area (TPSA) is 149 Å². The highest BCUT2D eigenvalue weighted by molar-refractivity contribution is 6.07. The Labute approximate surface area is 153 Å². The number of benzene rings is 1. The average molecular weight is 379 g/mol. The quantitative estimate of drug-likeness (QED) is 0.350. The van der Waals surface area contributed by atoms with Gasteiger partial charge in [-0.05, 0) is 26.0 Å². The van der Waals surface area contributed by atoms with Crippen LogP contribution in [0, 0.1) is 6.92 Å². The zero-order valence-electron chi connectivity index (χ0n) is 14.7. The highest BCUT2D eigenvalue weighted by Gasteiger charge is 2.43. The van der Waals surface area contributed by atoms with Crippen molar-refractivity contribution in [2.24, 2.45) is 0 Å². The first-order valence-electron chi connectivity index (χ1n) is 8.40. The fourth-order valence-corrected chi connectivity index (χ4v) is 3.28. The predicted octanol–water partition coefficient (Wildman–Crippen LogP) is -0.484. The van der Waals surface area contributed by atoms with Crippen LogP contribution in [0.5, 0.6) is 0 Å². The van der Waals surface area contributed by atoms with Crippen LogP contribution in [0.4, 0.5) is 5.69 Å².